The van der Waals surface area contributed by atoms with Crippen molar-refractivity contribution in [2.45, 2.75) is 45.1 Å². The Morgan fingerprint density at radius 2 is 1.77 bits per heavy atom. The fraction of sp³-hybridized carbons (Fsp3) is 0.278. The Morgan fingerprint density at radius 1 is 1.02 bits per heavy atom. The number of hydrogen-bond donors (Lipinski definition) is 0. The number of fused-ring (bicyclic) bond motifs is 1. The van der Waals surface area contributed by atoms with Crippen LogP contribution >= 0.6 is 15.9 Å². The average Bonchev–Trinajstić information content (AvgIpc) is 3.01. The summed E-state index contributed by atoms with van der Waals surface area (Å²) in [6.07, 6.45) is 0.896. The fourth-order valence-electron chi connectivity index (χ4n) is 5.28. The van der Waals surface area contributed by atoms with Gasteiger partial charge in [0.2, 0.25) is 0 Å². The zero-order valence-electron chi connectivity index (χ0n) is 25.6. The Bertz CT molecular complexity index is 1590. The summed E-state index contributed by atoms with van der Waals surface area (Å²) in [5, 5.41) is 0. The highest BCUT2D eigenvalue weighted by Crippen LogP contribution is 2.40. The molecule has 0 unspecified atom stereocenters. The van der Waals surface area contributed by atoms with Crippen LogP contribution in [0.3, 0.4) is 0 Å². The monoisotopic (exact) mass is 655 g/mol. The number of halogens is 1. The molecule has 1 aliphatic rings. The third kappa shape index (κ3) is 7.49. The van der Waals surface area contributed by atoms with E-state index in [1.54, 1.807) is 18.2 Å². The van der Waals surface area contributed by atoms with Crippen LogP contribution in [-0.4, -0.2) is 43.0 Å². The van der Waals surface area contributed by atoms with E-state index in [9.17, 15) is 4.79 Å². The van der Waals surface area contributed by atoms with E-state index in [1.165, 1.54) is 0 Å². The lowest BCUT2D eigenvalue weighted by Gasteiger charge is -2.45. The number of carbonyl (C=O) groups is 1. The summed E-state index contributed by atoms with van der Waals surface area (Å²) < 4.78 is 19.0. The largest absolute Gasteiger partial charge is 0.497 e. The summed E-state index contributed by atoms with van der Waals surface area (Å²) in [4.78, 5) is 22.4. The molecule has 8 heteroatoms. The molecule has 44 heavy (non-hydrogen) atoms. The molecule has 0 aliphatic carbocycles. The number of nitrogens with zero attached hydrogens (tertiary/aromatic N) is 3. The van der Waals surface area contributed by atoms with Crippen molar-refractivity contribution in [1.29, 1.82) is 0 Å². The first-order valence-corrected chi connectivity index (χ1v) is 15.4. The highest BCUT2D eigenvalue weighted by Gasteiger charge is 2.41. The summed E-state index contributed by atoms with van der Waals surface area (Å²) in [6.45, 7) is 11.1. The highest BCUT2D eigenvalue weighted by molar-refractivity contribution is 9.10. The van der Waals surface area contributed by atoms with Crippen LogP contribution in [0.4, 0.5) is 16.3 Å². The molecular formula is C36H38BrN3O4. The van der Waals surface area contributed by atoms with Gasteiger partial charge in [-0.25, -0.2) is 9.78 Å². The molecule has 2 atom stereocenters. The molecule has 3 aromatic carbocycles. The SMILES string of the molecule is C=C(CO[C@@H](c1ccccc1)[C@H]1CN(C(=O)OC(C)(C)C)c2cccnc2N1Cc1ccc(OC)cc1)c1cccc(Br)c1. The van der Waals surface area contributed by atoms with Crippen LogP contribution in [0.25, 0.3) is 5.57 Å². The fourth-order valence-corrected chi connectivity index (χ4v) is 5.68. The molecule has 0 fully saturated rings. The predicted molar refractivity (Wildman–Crippen MR) is 179 cm³/mol. The number of rotatable bonds is 9. The van der Waals surface area contributed by atoms with E-state index in [1.807, 2.05) is 99.6 Å². The molecule has 0 saturated heterocycles. The third-order valence-corrected chi connectivity index (χ3v) is 7.87. The maximum Gasteiger partial charge on any atom is 0.415 e. The summed E-state index contributed by atoms with van der Waals surface area (Å²) in [5.74, 6) is 1.47. The first kappa shape index (κ1) is 31.3. The molecule has 2 heterocycles. The smallest absolute Gasteiger partial charge is 0.415 e. The van der Waals surface area contributed by atoms with Crippen molar-refractivity contribution in [2.24, 2.45) is 0 Å². The maximum atomic E-state index is 13.7. The summed E-state index contributed by atoms with van der Waals surface area (Å²) in [6, 6.07) is 29.6. The van der Waals surface area contributed by atoms with Crippen molar-refractivity contribution >= 4 is 39.1 Å². The number of pyridine rings is 1. The molecule has 5 rings (SSSR count). The third-order valence-electron chi connectivity index (χ3n) is 7.37. The molecule has 0 saturated carbocycles. The lowest BCUT2D eigenvalue weighted by Crippen LogP contribution is -2.54. The summed E-state index contributed by atoms with van der Waals surface area (Å²) in [7, 11) is 1.66. The lowest BCUT2D eigenvalue weighted by molar-refractivity contribution is 0.0461. The number of benzene rings is 3. The number of anilines is 2. The zero-order valence-corrected chi connectivity index (χ0v) is 27.2. The van der Waals surface area contributed by atoms with Crippen molar-refractivity contribution in [3.05, 3.63) is 125 Å². The molecule has 0 bridgehead atoms. The van der Waals surface area contributed by atoms with E-state index in [0.29, 0.717) is 31.2 Å². The van der Waals surface area contributed by atoms with Crippen molar-refractivity contribution < 1.29 is 19.0 Å². The highest BCUT2D eigenvalue weighted by atomic mass is 79.9. The minimum atomic E-state index is -0.661. The van der Waals surface area contributed by atoms with Gasteiger partial charge in [-0.2, -0.15) is 0 Å². The van der Waals surface area contributed by atoms with Crippen LogP contribution in [0.15, 0.2) is 108 Å². The number of carbonyl (C=O) groups excluding carboxylic acids is 1. The lowest BCUT2D eigenvalue weighted by atomic mass is 9.96. The molecule has 0 radical (unpaired) electrons. The van der Waals surface area contributed by atoms with E-state index in [4.69, 9.17) is 19.2 Å². The Hall–Kier alpha value is -4.14. The number of amides is 1. The average molecular weight is 657 g/mol. The van der Waals surface area contributed by atoms with E-state index in [-0.39, 0.29) is 6.04 Å². The van der Waals surface area contributed by atoms with Gasteiger partial charge in [0.05, 0.1) is 32.0 Å². The van der Waals surface area contributed by atoms with Gasteiger partial charge in [-0.05, 0) is 79.4 Å². The van der Waals surface area contributed by atoms with Gasteiger partial charge in [-0.3, -0.25) is 4.90 Å². The van der Waals surface area contributed by atoms with Crippen molar-refractivity contribution in [1.82, 2.24) is 4.98 Å². The van der Waals surface area contributed by atoms with Crippen LogP contribution in [0.5, 0.6) is 5.75 Å². The van der Waals surface area contributed by atoms with E-state index >= 15 is 0 Å². The van der Waals surface area contributed by atoms with Gasteiger partial charge in [0.1, 0.15) is 17.5 Å². The quantitative estimate of drug-likeness (QED) is 0.180. The van der Waals surface area contributed by atoms with Gasteiger partial charge in [-0.15, -0.1) is 0 Å². The van der Waals surface area contributed by atoms with Gasteiger partial charge in [0.25, 0.3) is 0 Å². The van der Waals surface area contributed by atoms with Gasteiger partial charge in [0, 0.05) is 17.2 Å². The molecule has 7 nitrogen and oxygen atoms in total. The second-order valence-corrected chi connectivity index (χ2v) is 12.7. The Kier molecular flexibility index (Phi) is 9.71. The normalized spacial score (nSPS) is 15.3. The molecule has 4 aromatic rings. The van der Waals surface area contributed by atoms with E-state index in [2.05, 4.69) is 39.5 Å². The Labute approximate surface area is 268 Å². The van der Waals surface area contributed by atoms with Crippen LogP contribution in [-0.2, 0) is 16.0 Å². The first-order valence-electron chi connectivity index (χ1n) is 14.6. The maximum absolute atomic E-state index is 13.7. The molecule has 1 aliphatic heterocycles. The number of hydrogen-bond acceptors (Lipinski definition) is 6. The first-order chi connectivity index (χ1) is 21.1. The molecule has 1 amide bonds. The number of ether oxygens (including phenoxy) is 3. The van der Waals surface area contributed by atoms with Crippen LogP contribution in [0, 0.1) is 0 Å². The second-order valence-electron chi connectivity index (χ2n) is 11.7. The number of methoxy groups -OCH3 is 1. The molecule has 228 valence electrons. The topological polar surface area (TPSA) is 64.1 Å². The van der Waals surface area contributed by atoms with Crippen molar-refractivity contribution in [3.8, 4) is 5.75 Å². The van der Waals surface area contributed by atoms with Crippen LogP contribution in [0.2, 0.25) is 0 Å². The van der Waals surface area contributed by atoms with E-state index in [0.717, 1.165) is 32.5 Å². The Balaban J connectivity index is 1.57. The van der Waals surface area contributed by atoms with Crippen molar-refractivity contribution in [3.63, 3.8) is 0 Å². The number of aromatic nitrogens is 1. The zero-order chi connectivity index (χ0) is 31.3. The molecular weight excluding hydrogens is 618 g/mol. The van der Waals surface area contributed by atoms with Crippen molar-refractivity contribution in [2.75, 3.05) is 30.1 Å². The van der Waals surface area contributed by atoms with Gasteiger partial charge >= 0.3 is 6.09 Å². The van der Waals surface area contributed by atoms with Gasteiger partial charge in [-0.1, -0.05) is 77.1 Å². The predicted octanol–water partition coefficient (Wildman–Crippen LogP) is 8.45. The standard InChI is InChI=1S/C36H38BrN3O4/c1-25(28-13-9-14-29(37)21-28)24-43-33(27-11-7-6-8-12-27)32-23-40(35(41)44-36(2,3)4)31-15-10-20-38-34(31)39(32)22-26-16-18-30(42-5)19-17-26/h6-21,32-33H,1,22-24H2,2-5H3/t32-,33+/m1/s1. The van der Waals surface area contributed by atoms with Gasteiger partial charge < -0.3 is 19.1 Å². The second kappa shape index (κ2) is 13.7. The summed E-state index contributed by atoms with van der Waals surface area (Å²) in [5.41, 5.74) is 3.94. The van der Waals surface area contributed by atoms with Crippen LogP contribution < -0.4 is 14.5 Å². The molecule has 0 N–H and O–H groups in total. The minimum Gasteiger partial charge on any atom is -0.497 e. The Morgan fingerprint density at radius 3 is 2.45 bits per heavy atom. The van der Waals surface area contributed by atoms with E-state index < -0.39 is 17.8 Å². The van der Waals surface area contributed by atoms with Crippen LogP contribution in [0.1, 0.15) is 43.6 Å². The summed E-state index contributed by atoms with van der Waals surface area (Å²) >= 11 is 3.56. The molecule has 0 spiro atoms. The minimum absolute atomic E-state index is 0.296. The van der Waals surface area contributed by atoms with Gasteiger partial charge in [0.15, 0.2) is 5.82 Å². The molecule has 1 aromatic heterocycles.